The van der Waals surface area contributed by atoms with E-state index in [1.165, 1.54) is 11.1 Å². The van der Waals surface area contributed by atoms with E-state index in [1.54, 1.807) is 0 Å². The second-order valence-corrected chi connectivity index (χ2v) is 7.58. The minimum atomic E-state index is -0.176. The van der Waals surface area contributed by atoms with Gasteiger partial charge in [-0.05, 0) is 65.5 Å². The van der Waals surface area contributed by atoms with E-state index in [0.717, 1.165) is 10.2 Å². The zero-order valence-corrected chi connectivity index (χ0v) is 17.3. The van der Waals surface area contributed by atoms with Crippen LogP contribution in [0.2, 0.25) is 0 Å². The minimum Gasteiger partial charge on any atom is -0.491 e. The molecule has 2 aromatic carbocycles. The summed E-state index contributed by atoms with van der Waals surface area (Å²) in [6, 6.07) is 13.6. The van der Waals surface area contributed by atoms with Crippen LogP contribution in [0.4, 0.5) is 0 Å². The van der Waals surface area contributed by atoms with Crippen LogP contribution in [0.15, 0.2) is 46.9 Å². The lowest BCUT2D eigenvalue weighted by molar-refractivity contribution is -0.123. The van der Waals surface area contributed by atoms with Crippen molar-refractivity contribution in [1.82, 2.24) is 5.32 Å². The van der Waals surface area contributed by atoms with Gasteiger partial charge in [-0.3, -0.25) is 4.79 Å². The van der Waals surface area contributed by atoms with Crippen molar-refractivity contribution < 1.29 is 14.3 Å². The summed E-state index contributed by atoms with van der Waals surface area (Å²) in [4.78, 5) is 12.1. The second kappa shape index (κ2) is 9.62. The van der Waals surface area contributed by atoms with Gasteiger partial charge in [0.2, 0.25) is 0 Å². The van der Waals surface area contributed by atoms with Gasteiger partial charge < -0.3 is 14.8 Å². The monoisotopic (exact) mass is 419 g/mol. The molecule has 1 N–H and O–H groups in total. The lowest BCUT2D eigenvalue weighted by Crippen LogP contribution is -2.39. The number of aryl methyl sites for hydroxylation is 1. The van der Waals surface area contributed by atoms with Crippen LogP contribution in [0.3, 0.4) is 0 Å². The normalized spacial score (nSPS) is 11.9. The summed E-state index contributed by atoms with van der Waals surface area (Å²) in [5.74, 6) is 1.72. The van der Waals surface area contributed by atoms with Crippen LogP contribution in [0.1, 0.15) is 37.8 Å². The van der Waals surface area contributed by atoms with Gasteiger partial charge in [0.25, 0.3) is 5.91 Å². The van der Waals surface area contributed by atoms with Crippen LogP contribution in [-0.4, -0.2) is 25.2 Å². The van der Waals surface area contributed by atoms with Crippen molar-refractivity contribution in [2.75, 3.05) is 13.2 Å². The molecule has 0 aromatic heterocycles. The predicted octanol–water partition coefficient (Wildman–Crippen LogP) is 4.84. The number of hydrogen-bond donors (Lipinski definition) is 1. The quantitative estimate of drug-likeness (QED) is 0.665. The van der Waals surface area contributed by atoms with E-state index in [4.69, 9.17) is 9.47 Å². The van der Waals surface area contributed by atoms with Crippen LogP contribution < -0.4 is 14.8 Å². The highest BCUT2D eigenvalue weighted by atomic mass is 79.9. The van der Waals surface area contributed by atoms with Gasteiger partial charge in [-0.15, -0.1) is 0 Å². The van der Waals surface area contributed by atoms with Gasteiger partial charge >= 0.3 is 0 Å². The number of halogens is 1. The zero-order chi connectivity index (χ0) is 19.1. The number of carbonyl (C=O) groups excluding carboxylic acids is 1. The van der Waals surface area contributed by atoms with E-state index in [0.29, 0.717) is 18.3 Å². The molecule has 0 aliphatic rings. The summed E-state index contributed by atoms with van der Waals surface area (Å²) < 4.78 is 12.1. The molecule has 0 saturated heterocycles. The average Bonchev–Trinajstić information content (AvgIpc) is 2.60. The summed E-state index contributed by atoms with van der Waals surface area (Å²) >= 11 is 3.50. The zero-order valence-electron chi connectivity index (χ0n) is 15.7. The Morgan fingerprint density at radius 3 is 2.38 bits per heavy atom. The molecule has 26 heavy (non-hydrogen) atoms. The van der Waals surface area contributed by atoms with E-state index in [2.05, 4.69) is 35.1 Å². The first-order valence-corrected chi connectivity index (χ1v) is 9.55. The Hall–Kier alpha value is -2.01. The third-order valence-corrected chi connectivity index (χ3v) is 4.53. The molecule has 5 heteroatoms. The third-order valence-electron chi connectivity index (χ3n) is 3.91. The number of amides is 1. The highest BCUT2D eigenvalue weighted by molar-refractivity contribution is 9.10. The van der Waals surface area contributed by atoms with Gasteiger partial charge in [0.1, 0.15) is 18.1 Å². The van der Waals surface area contributed by atoms with Crippen molar-refractivity contribution in [1.29, 1.82) is 0 Å². The lowest BCUT2D eigenvalue weighted by Gasteiger charge is -2.16. The van der Waals surface area contributed by atoms with Crippen LogP contribution >= 0.6 is 15.9 Å². The van der Waals surface area contributed by atoms with Gasteiger partial charge in [0.05, 0.1) is 10.5 Å². The first kappa shape index (κ1) is 20.3. The highest BCUT2D eigenvalue weighted by Crippen LogP contribution is 2.28. The summed E-state index contributed by atoms with van der Waals surface area (Å²) in [7, 11) is 0. The molecule has 1 amide bonds. The predicted molar refractivity (Wildman–Crippen MR) is 108 cm³/mol. The topological polar surface area (TPSA) is 47.6 Å². The average molecular weight is 420 g/mol. The van der Waals surface area contributed by atoms with Crippen molar-refractivity contribution in [2.45, 2.75) is 39.7 Å². The molecule has 0 spiro atoms. The van der Waals surface area contributed by atoms with Gasteiger partial charge in [0, 0.05) is 0 Å². The van der Waals surface area contributed by atoms with Crippen molar-refractivity contribution >= 4 is 21.8 Å². The molecule has 0 saturated carbocycles. The molecule has 0 unspecified atom stereocenters. The van der Waals surface area contributed by atoms with Crippen molar-refractivity contribution in [2.24, 2.45) is 0 Å². The number of nitrogens with one attached hydrogen (secondary N) is 1. The Balaban J connectivity index is 1.76. The smallest absolute Gasteiger partial charge is 0.258 e. The molecule has 1 atom stereocenters. The van der Waals surface area contributed by atoms with Crippen LogP contribution in [0.5, 0.6) is 11.5 Å². The van der Waals surface area contributed by atoms with Crippen molar-refractivity contribution in [3.8, 4) is 11.5 Å². The number of carbonyl (C=O) groups is 1. The van der Waals surface area contributed by atoms with E-state index >= 15 is 0 Å². The van der Waals surface area contributed by atoms with Crippen molar-refractivity contribution in [3.63, 3.8) is 0 Å². The SMILES string of the molecule is Cc1ccc(OC[C@H](C)NC(=O)COc2ccc(C(C)C)cc2Br)cc1. The molecular weight excluding hydrogens is 394 g/mol. The Kier molecular flexibility index (Phi) is 7.51. The molecule has 0 aliphatic heterocycles. The van der Waals surface area contributed by atoms with Gasteiger partial charge in [0.15, 0.2) is 6.61 Å². The third kappa shape index (κ3) is 6.37. The molecule has 2 rings (SSSR count). The summed E-state index contributed by atoms with van der Waals surface area (Å²) in [6.45, 7) is 8.57. The van der Waals surface area contributed by atoms with Gasteiger partial charge in [-0.2, -0.15) is 0 Å². The largest absolute Gasteiger partial charge is 0.491 e. The molecule has 0 radical (unpaired) electrons. The van der Waals surface area contributed by atoms with E-state index in [1.807, 2.05) is 56.3 Å². The van der Waals surface area contributed by atoms with Crippen LogP contribution in [0.25, 0.3) is 0 Å². The number of benzene rings is 2. The standard InChI is InChI=1S/C21H26BrNO3/c1-14(2)17-7-10-20(19(22)11-17)26-13-21(24)23-16(4)12-25-18-8-5-15(3)6-9-18/h5-11,14,16H,12-13H2,1-4H3,(H,23,24)/t16-/m0/s1. The fourth-order valence-corrected chi connectivity index (χ4v) is 2.86. The Bertz CT molecular complexity index is 729. The second-order valence-electron chi connectivity index (χ2n) is 6.73. The maximum atomic E-state index is 12.1. The molecule has 4 nitrogen and oxygen atoms in total. The number of hydrogen-bond acceptors (Lipinski definition) is 3. The Morgan fingerprint density at radius 2 is 1.77 bits per heavy atom. The van der Waals surface area contributed by atoms with Gasteiger partial charge in [-0.25, -0.2) is 0 Å². The van der Waals surface area contributed by atoms with Crippen LogP contribution in [-0.2, 0) is 4.79 Å². The maximum absolute atomic E-state index is 12.1. The summed E-state index contributed by atoms with van der Waals surface area (Å²) in [6.07, 6.45) is 0. The first-order chi connectivity index (χ1) is 12.3. The molecule has 0 aliphatic carbocycles. The summed E-state index contributed by atoms with van der Waals surface area (Å²) in [5.41, 5.74) is 2.40. The maximum Gasteiger partial charge on any atom is 0.258 e. The number of ether oxygens (including phenoxy) is 2. The Labute approximate surface area is 164 Å². The molecule has 0 bridgehead atoms. The van der Waals surface area contributed by atoms with E-state index < -0.39 is 0 Å². The molecular formula is C21H26BrNO3. The van der Waals surface area contributed by atoms with Gasteiger partial charge in [-0.1, -0.05) is 37.6 Å². The molecule has 140 valence electrons. The Morgan fingerprint density at radius 1 is 1.08 bits per heavy atom. The van der Waals surface area contributed by atoms with E-state index in [-0.39, 0.29) is 18.6 Å². The van der Waals surface area contributed by atoms with E-state index in [9.17, 15) is 4.79 Å². The fourth-order valence-electron chi connectivity index (χ4n) is 2.35. The first-order valence-electron chi connectivity index (χ1n) is 8.76. The van der Waals surface area contributed by atoms with Crippen LogP contribution in [0, 0.1) is 6.92 Å². The lowest BCUT2D eigenvalue weighted by atomic mass is 10.0. The minimum absolute atomic E-state index is 0.0332. The van der Waals surface area contributed by atoms with Crippen molar-refractivity contribution in [3.05, 3.63) is 58.1 Å². The molecule has 0 heterocycles. The highest BCUT2D eigenvalue weighted by Gasteiger charge is 2.11. The number of rotatable bonds is 8. The fraction of sp³-hybridized carbons (Fsp3) is 0.381. The molecule has 0 fully saturated rings. The molecule has 2 aromatic rings. The summed E-state index contributed by atoms with van der Waals surface area (Å²) in [5, 5.41) is 2.88.